The summed E-state index contributed by atoms with van der Waals surface area (Å²) >= 11 is 5.89. The number of benzene rings is 1. The maximum Gasteiger partial charge on any atom is 0.265 e. The molecule has 1 aromatic rings. The Hall–Kier alpha value is -1.03. The van der Waals surface area contributed by atoms with Crippen molar-refractivity contribution in [2.75, 3.05) is 25.1 Å². The Balaban J connectivity index is 2.29. The van der Waals surface area contributed by atoms with Crippen molar-refractivity contribution in [1.29, 1.82) is 0 Å². The van der Waals surface area contributed by atoms with Crippen LogP contribution in [0.1, 0.15) is 12.8 Å². The molecular weight excluding hydrogens is 248 g/mol. The van der Waals surface area contributed by atoms with E-state index in [0.717, 1.165) is 0 Å². The van der Waals surface area contributed by atoms with Crippen LogP contribution in [0.2, 0.25) is 5.02 Å². The Morgan fingerprint density at radius 3 is 2.82 bits per heavy atom. The summed E-state index contributed by atoms with van der Waals surface area (Å²) < 4.78 is 31.9. The van der Waals surface area contributed by atoms with E-state index in [1.54, 1.807) is 23.1 Å². The predicted molar refractivity (Wildman–Crippen MR) is 64.4 cm³/mol. The van der Waals surface area contributed by atoms with Crippen molar-refractivity contribution in [2.24, 2.45) is 0 Å². The Morgan fingerprint density at radius 2 is 2.18 bits per heavy atom. The number of anilines is 1. The molecule has 0 unspecified atom stereocenters. The largest absolute Gasteiger partial charge is 0.495 e. The predicted octanol–water partition coefficient (Wildman–Crippen LogP) is 3.58. The molecule has 1 saturated heterocycles. The molecule has 1 heterocycles. The number of rotatable bonds is 2. The molecule has 17 heavy (non-hydrogen) atoms. The lowest BCUT2D eigenvalue weighted by Gasteiger charge is -2.34. The fourth-order valence-electron chi connectivity index (χ4n) is 2.08. The average molecular weight is 262 g/mol. The summed E-state index contributed by atoms with van der Waals surface area (Å²) in [4.78, 5) is 1.63. The van der Waals surface area contributed by atoms with Gasteiger partial charge >= 0.3 is 0 Å². The monoisotopic (exact) mass is 261 g/mol. The van der Waals surface area contributed by atoms with Crippen LogP contribution >= 0.6 is 11.6 Å². The van der Waals surface area contributed by atoms with Crippen molar-refractivity contribution in [3.8, 4) is 5.75 Å². The molecule has 0 saturated carbocycles. The molecule has 2 nitrogen and oxygen atoms in total. The van der Waals surface area contributed by atoms with E-state index in [9.17, 15) is 8.78 Å². The van der Waals surface area contributed by atoms with Gasteiger partial charge in [0.2, 0.25) is 0 Å². The molecule has 1 fully saturated rings. The summed E-state index contributed by atoms with van der Waals surface area (Å²) in [5, 5.41) is 0.523. The Bertz CT molecular complexity index is 411. The lowest BCUT2D eigenvalue weighted by molar-refractivity contribution is -0.0117. The lowest BCUT2D eigenvalue weighted by Crippen LogP contribution is -2.42. The minimum Gasteiger partial charge on any atom is -0.495 e. The van der Waals surface area contributed by atoms with Gasteiger partial charge in [-0.3, -0.25) is 0 Å². The zero-order valence-corrected chi connectivity index (χ0v) is 10.3. The highest BCUT2D eigenvalue weighted by atomic mass is 35.5. The number of methoxy groups -OCH3 is 1. The minimum absolute atomic E-state index is 0.0492. The van der Waals surface area contributed by atoms with E-state index in [4.69, 9.17) is 16.3 Å². The molecule has 0 atom stereocenters. The molecule has 0 radical (unpaired) electrons. The topological polar surface area (TPSA) is 12.5 Å². The number of hydrogen-bond acceptors (Lipinski definition) is 2. The Kier molecular flexibility index (Phi) is 3.43. The van der Waals surface area contributed by atoms with Gasteiger partial charge in [0.15, 0.2) is 0 Å². The van der Waals surface area contributed by atoms with Crippen LogP contribution in [0.25, 0.3) is 0 Å². The quantitative estimate of drug-likeness (QED) is 0.807. The molecule has 0 spiro atoms. The van der Waals surface area contributed by atoms with Crippen LogP contribution in [-0.4, -0.2) is 26.1 Å². The Labute approximate surface area is 104 Å². The first-order valence-corrected chi connectivity index (χ1v) is 5.86. The van der Waals surface area contributed by atoms with Crippen LogP contribution in [0.3, 0.4) is 0 Å². The van der Waals surface area contributed by atoms with E-state index in [2.05, 4.69) is 0 Å². The standard InChI is InChI=1S/C12H14ClF2NO/c1-17-11-4-3-9(13)7-10(11)16-6-2-5-12(14,15)8-16/h3-4,7H,2,5-6,8H2,1H3. The van der Waals surface area contributed by atoms with Crippen LogP contribution in [0.4, 0.5) is 14.5 Å². The molecule has 0 amide bonds. The number of ether oxygens (including phenoxy) is 1. The van der Waals surface area contributed by atoms with Crippen molar-refractivity contribution < 1.29 is 13.5 Å². The minimum atomic E-state index is -2.63. The van der Waals surface area contributed by atoms with Crippen LogP contribution in [-0.2, 0) is 0 Å². The average Bonchev–Trinajstić information content (AvgIpc) is 2.27. The van der Waals surface area contributed by atoms with Gasteiger partial charge in [0.25, 0.3) is 5.92 Å². The highest BCUT2D eigenvalue weighted by molar-refractivity contribution is 6.30. The van der Waals surface area contributed by atoms with E-state index in [1.807, 2.05) is 0 Å². The van der Waals surface area contributed by atoms with Gasteiger partial charge in [-0.25, -0.2) is 8.78 Å². The molecule has 5 heteroatoms. The van der Waals surface area contributed by atoms with Gasteiger partial charge in [-0.2, -0.15) is 0 Å². The first kappa shape index (κ1) is 12.4. The Morgan fingerprint density at radius 1 is 1.41 bits per heavy atom. The second-order valence-electron chi connectivity index (χ2n) is 4.20. The first-order valence-electron chi connectivity index (χ1n) is 5.48. The maximum atomic E-state index is 13.4. The van der Waals surface area contributed by atoms with E-state index in [-0.39, 0.29) is 13.0 Å². The summed E-state index contributed by atoms with van der Waals surface area (Å²) in [6, 6.07) is 5.05. The first-order chi connectivity index (χ1) is 8.02. The lowest BCUT2D eigenvalue weighted by atomic mass is 10.1. The zero-order valence-electron chi connectivity index (χ0n) is 9.55. The molecule has 0 aromatic heterocycles. The van der Waals surface area contributed by atoms with Gasteiger partial charge in [-0.15, -0.1) is 0 Å². The fourth-order valence-corrected chi connectivity index (χ4v) is 2.25. The van der Waals surface area contributed by atoms with E-state index in [1.165, 1.54) is 7.11 Å². The number of halogens is 3. The van der Waals surface area contributed by atoms with E-state index >= 15 is 0 Å². The molecule has 0 bridgehead atoms. The SMILES string of the molecule is COc1ccc(Cl)cc1N1CCCC(F)(F)C1. The molecule has 1 aliphatic rings. The summed E-state index contributed by atoms with van der Waals surface area (Å²) in [6.07, 6.45) is 0.426. The summed E-state index contributed by atoms with van der Waals surface area (Å²) in [5.74, 6) is -2.06. The molecule has 1 aliphatic heterocycles. The molecule has 0 N–H and O–H groups in total. The van der Waals surface area contributed by atoms with Crippen LogP contribution < -0.4 is 9.64 Å². The molecule has 94 valence electrons. The summed E-state index contributed by atoms with van der Waals surface area (Å²) in [7, 11) is 1.52. The second-order valence-corrected chi connectivity index (χ2v) is 4.63. The number of nitrogens with zero attached hydrogens (tertiary/aromatic N) is 1. The van der Waals surface area contributed by atoms with E-state index < -0.39 is 5.92 Å². The number of hydrogen-bond donors (Lipinski definition) is 0. The third-order valence-corrected chi connectivity index (χ3v) is 3.11. The van der Waals surface area contributed by atoms with E-state index in [0.29, 0.717) is 29.4 Å². The third-order valence-electron chi connectivity index (χ3n) is 2.87. The normalized spacial score (nSPS) is 19.2. The highest BCUT2D eigenvalue weighted by Gasteiger charge is 2.36. The van der Waals surface area contributed by atoms with Gasteiger partial charge in [0, 0.05) is 18.0 Å². The van der Waals surface area contributed by atoms with Crippen molar-refractivity contribution >= 4 is 17.3 Å². The summed E-state index contributed by atoms with van der Waals surface area (Å²) in [6.45, 7) is 0.329. The van der Waals surface area contributed by atoms with Gasteiger partial charge in [-0.05, 0) is 24.6 Å². The van der Waals surface area contributed by atoms with Crippen molar-refractivity contribution in [3.63, 3.8) is 0 Å². The molecule has 2 rings (SSSR count). The molecular formula is C12H14ClF2NO. The summed E-state index contributed by atoms with van der Waals surface area (Å²) in [5.41, 5.74) is 0.638. The second kappa shape index (κ2) is 4.69. The molecule has 1 aromatic carbocycles. The van der Waals surface area contributed by atoms with Gasteiger partial charge in [0.05, 0.1) is 19.3 Å². The van der Waals surface area contributed by atoms with Crippen molar-refractivity contribution in [1.82, 2.24) is 0 Å². The van der Waals surface area contributed by atoms with Crippen LogP contribution in [0.5, 0.6) is 5.75 Å². The van der Waals surface area contributed by atoms with Gasteiger partial charge in [-0.1, -0.05) is 11.6 Å². The van der Waals surface area contributed by atoms with Crippen LogP contribution in [0.15, 0.2) is 18.2 Å². The maximum absolute atomic E-state index is 13.4. The smallest absolute Gasteiger partial charge is 0.265 e. The van der Waals surface area contributed by atoms with Crippen molar-refractivity contribution in [3.05, 3.63) is 23.2 Å². The third kappa shape index (κ3) is 2.80. The zero-order chi connectivity index (χ0) is 12.5. The number of alkyl halides is 2. The van der Waals surface area contributed by atoms with Gasteiger partial charge < -0.3 is 9.64 Å². The number of piperidine rings is 1. The van der Waals surface area contributed by atoms with Crippen LogP contribution in [0, 0.1) is 0 Å². The molecule has 0 aliphatic carbocycles. The highest BCUT2D eigenvalue weighted by Crippen LogP contribution is 2.36. The van der Waals surface area contributed by atoms with Gasteiger partial charge in [0.1, 0.15) is 5.75 Å². The fraction of sp³-hybridized carbons (Fsp3) is 0.500. The van der Waals surface area contributed by atoms with Crippen molar-refractivity contribution in [2.45, 2.75) is 18.8 Å².